The van der Waals surface area contributed by atoms with Crippen LogP contribution in [0.5, 0.6) is 0 Å². The Balaban J connectivity index is 1.55. The number of rotatable bonds is 3. The number of hydrogen-bond acceptors (Lipinski definition) is 3. The minimum Gasteiger partial charge on any atom is -0.321 e. The first-order valence-electron chi connectivity index (χ1n) is 7.65. The zero-order valence-corrected chi connectivity index (χ0v) is 13.0. The molecule has 6 heteroatoms. The fourth-order valence-corrected chi connectivity index (χ4v) is 2.62. The number of pyridine rings is 1. The molecule has 4 rings (SSSR count). The van der Waals surface area contributed by atoms with Crippen LogP contribution >= 0.6 is 0 Å². The van der Waals surface area contributed by atoms with Gasteiger partial charge in [-0.3, -0.25) is 14.9 Å². The normalized spacial score (nSPS) is 10.8. The Morgan fingerprint density at radius 3 is 2.64 bits per heavy atom. The monoisotopic (exact) mass is 332 g/mol. The Kier molecular flexibility index (Phi) is 3.70. The maximum atomic E-state index is 13.6. The van der Waals surface area contributed by atoms with E-state index in [2.05, 4.69) is 20.5 Å². The zero-order chi connectivity index (χ0) is 17.2. The van der Waals surface area contributed by atoms with E-state index in [1.165, 1.54) is 12.3 Å². The van der Waals surface area contributed by atoms with Crippen molar-refractivity contribution in [2.75, 3.05) is 5.32 Å². The number of nitrogens with one attached hydrogen (secondary N) is 2. The lowest BCUT2D eigenvalue weighted by Gasteiger charge is -2.07. The molecular formula is C19H13FN4O. The summed E-state index contributed by atoms with van der Waals surface area (Å²) in [6, 6.07) is 13.6. The first-order chi connectivity index (χ1) is 12.2. The van der Waals surface area contributed by atoms with Crippen molar-refractivity contribution < 1.29 is 9.18 Å². The number of aromatic nitrogens is 3. The number of nitrogens with zero attached hydrogens (tertiary/aromatic N) is 2. The topological polar surface area (TPSA) is 70.7 Å². The summed E-state index contributed by atoms with van der Waals surface area (Å²) >= 11 is 0. The number of para-hydroxylation sites is 1. The number of amides is 1. The summed E-state index contributed by atoms with van der Waals surface area (Å²) in [5.74, 6) is -0.637. The molecule has 0 unspecified atom stereocenters. The lowest BCUT2D eigenvalue weighted by Crippen LogP contribution is -2.12. The number of fused-ring (bicyclic) bond motifs is 1. The second-order valence-corrected chi connectivity index (χ2v) is 5.55. The summed E-state index contributed by atoms with van der Waals surface area (Å²) in [4.78, 5) is 16.5. The van der Waals surface area contributed by atoms with Gasteiger partial charge in [-0.05, 0) is 29.8 Å². The zero-order valence-electron chi connectivity index (χ0n) is 13.0. The second-order valence-electron chi connectivity index (χ2n) is 5.55. The Bertz CT molecular complexity index is 1040. The number of carbonyl (C=O) groups excluding carboxylic acids is 1. The fraction of sp³-hybridized carbons (Fsp3) is 0. The highest BCUT2D eigenvalue weighted by atomic mass is 19.1. The van der Waals surface area contributed by atoms with E-state index in [0.29, 0.717) is 16.6 Å². The number of hydrogen-bond donors (Lipinski definition) is 2. The highest BCUT2D eigenvalue weighted by Crippen LogP contribution is 2.21. The molecule has 0 aliphatic heterocycles. The number of carbonyl (C=O) groups is 1. The molecule has 0 saturated heterocycles. The average molecular weight is 332 g/mol. The molecule has 4 aromatic rings. The van der Waals surface area contributed by atoms with Crippen molar-refractivity contribution in [3.63, 3.8) is 0 Å². The van der Waals surface area contributed by atoms with Crippen LogP contribution in [0, 0.1) is 5.82 Å². The number of aromatic amines is 1. The summed E-state index contributed by atoms with van der Waals surface area (Å²) in [6.45, 7) is 0. The van der Waals surface area contributed by atoms with Gasteiger partial charge >= 0.3 is 0 Å². The lowest BCUT2D eigenvalue weighted by atomic mass is 10.1. The molecule has 0 fully saturated rings. The van der Waals surface area contributed by atoms with Gasteiger partial charge in [0.25, 0.3) is 5.91 Å². The minimum atomic E-state index is -0.384. The Morgan fingerprint density at radius 2 is 1.88 bits per heavy atom. The van der Waals surface area contributed by atoms with Crippen molar-refractivity contribution in [1.82, 2.24) is 15.2 Å². The first kappa shape index (κ1) is 15.0. The van der Waals surface area contributed by atoms with Crippen LogP contribution in [0.4, 0.5) is 10.1 Å². The summed E-state index contributed by atoms with van der Waals surface area (Å²) in [7, 11) is 0. The molecule has 122 valence electrons. The lowest BCUT2D eigenvalue weighted by molar-refractivity contribution is 0.102. The van der Waals surface area contributed by atoms with Crippen LogP contribution in [0.1, 0.15) is 10.4 Å². The number of halogens is 1. The van der Waals surface area contributed by atoms with E-state index in [1.807, 2.05) is 12.1 Å². The van der Waals surface area contributed by atoms with Gasteiger partial charge in [-0.2, -0.15) is 5.10 Å². The van der Waals surface area contributed by atoms with Crippen LogP contribution in [0.25, 0.3) is 22.0 Å². The third-order valence-electron chi connectivity index (χ3n) is 3.90. The maximum Gasteiger partial charge on any atom is 0.255 e. The van der Waals surface area contributed by atoms with E-state index in [1.54, 1.807) is 42.7 Å². The molecule has 1 amide bonds. The molecule has 25 heavy (non-hydrogen) atoms. The number of anilines is 1. The van der Waals surface area contributed by atoms with Crippen LogP contribution in [0.3, 0.4) is 0 Å². The Morgan fingerprint density at radius 1 is 1.04 bits per heavy atom. The fourth-order valence-electron chi connectivity index (χ4n) is 2.62. The van der Waals surface area contributed by atoms with Crippen molar-refractivity contribution in [2.24, 2.45) is 0 Å². The highest BCUT2D eigenvalue weighted by Gasteiger charge is 2.09. The highest BCUT2D eigenvalue weighted by molar-refractivity contribution is 6.05. The van der Waals surface area contributed by atoms with Gasteiger partial charge in [-0.25, -0.2) is 4.39 Å². The van der Waals surface area contributed by atoms with E-state index in [4.69, 9.17) is 0 Å². The van der Waals surface area contributed by atoms with Gasteiger partial charge in [0.15, 0.2) is 0 Å². The quantitative estimate of drug-likeness (QED) is 0.595. The maximum absolute atomic E-state index is 13.6. The Labute approximate surface area is 142 Å². The van der Waals surface area contributed by atoms with Gasteiger partial charge in [0.05, 0.1) is 18.1 Å². The van der Waals surface area contributed by atoms with E-state index in [0.717, 1.165) is 11.1 Å². The molecule has 0 saturated carbocycles. The minimum absolute atomic E-state index is 0.253. The summed E-state index contributed by atoms with van der Waals surface area (Å²) in [5, 5.41) is 10.1. The molecule has 0 bridgehead atoms. The smallest absolute Gasteiger partial charge is 0.255 e. The predicted molar refractivity (Wildman–Crippen MR) is 93.7 cm³/mol. The van der Waals surface area contributed by atoms with Gasteiger partial charge in [0.1, 0.15) is 11.3 Å². The molecule has 0 aliphatic carbocycles. The van der Waals surface area contributed by atoms with Crippen LogP contribution in [0.2, 0.25) is 0 Å². The van der Waals surface area contributed by atoms with E-state index >= 15 is 0 Å². The van der Waals surface area contributed by atoms with Crippen LogP contribution in [-0.4, -0.2) is 21.1 Å². The van der Waals surface area contributed by atoms with E-state index < -0.39 is 0 Å². The van der Waals surface area contributed by atoms with Gasteiger partial charge in [-0.15, -0.1) is 0 Å². The largest absolute Gasteiger partial charge is 0.321 e. The number of benzene rings is 2. The average Bonchev–Trinajstić information content (AvgIpc) is 3.17. The third-order valence-corrected chi connectivity index (χ3v) is 3.90. The standard InChI is InChI=1S/C19H13FN4O/c20-17-3-1-2-14-8-16(11-21-18(14)17)24-19(25)13-6-4-12(5-7-13)15-9-22-23-10-15/h1-11H,(H,22,23)(H,24,25). The molecule has 2 N–H and O–H groups in total. The number of H-pyrrole nitrogens is 1. The van der Waals surface area contributed by atoms with Crippen LogP contribution < -0.4 is 5.32 Å². The predicted octanol–water partition coefficient (Wildman–Crippen LogP) is 4.02. The second kappa shape index (κ2) is 6.16. The van der Waals surface area contributed by atoms with Gasteiger partial charge in [-0.1, -0.05) is 24.3 Å². The summed E-state index contributed by atoms with van der Waals surface area (Å²) in [5.41, 5.74) is 3.24. The summed E-state index contributed by atoms with van der Waals surface area (Å²) < 4.78 is 13.6. The van der Waals surface area contributed by atoms with Crippen molar-refractivity contribution in [1.29, 1.82) is 0 Å². The molecule has 0 atom stereocenters. The van der Waals surface area contributed by atoms with Crippen LogP contribution in [-0.2, 0) is 0 Å². The van der Waals surface area contributed by atoms with Crippen LogP contribution in [0.15, 0.2) is 67.1 Å². The molecular weight excluding hydrogens is 319 g/mol. The molecule has 0 radical (unpaired) electrons. The molecule has 2 aromatic carbocycles. The third kappa shape index (κ3) is 2.97. The molecule has 2 heterocycles. The van der Waals surface area contributed by atoms with E-state index in [9.17, 15) is 9.18 Å². The van der Waals surface area contributed by atoms with Gasteiger partial charge in [0.2, 0.25) is 0 Å². The van der Waals surface area contributed by atoms with Crippen molar-refractivity contribution in [3.05, 3.63) is 78.5 Å². The van der Waals surface area contributed by atoms with Gasteiger partial charge < -0.3 is 5.32 Å². The van der Waals surface area contributed by atoms with Gasteiger partial charge in [0, 0.05) is 22.7 Å². The molecule has 2 aromatic heterocycles. The summed E-state index contributed by atoms with van der Waals surface area (Å²) in [6.07, 6.45) is 4.95. The SMILES string of the molecule is O=C(Nc1cnc2c(F)cccc2c1)c1ccc(-c2cn[nH]c2)cc1. The molecule has 5 nitrogen and oxygen atoms in total. The Hall–Kier alpha value is -3.54. The van der Waals surface area contributed by atoms with Crippen molar-refractivity contribution in [2.45, 2.75) is 0 Å². The molecule has 0 aliphatic rings. The van der Waals surface area contributed by atoms with Crippen molar-refractivity contribution >= 4 is 22.5 Å². The van der Waals surface area contributed by atoms with E-state index in [-0.39, 0.29) is 17.2 Å². The first-order valence-corrected chi connectivity index (χ1v) is 7.65. The van der Waals surface area contributed by atoms with Crippen molar-refractivity contribution in [3.8, 4) is 11.1 Å². The molecule has 0 spiro atoms.